The molecule has 0 amide bonds. The predicted molar refractivity (Wildman–Crippen MR) is 93.9 cm³/mol. The summed E-state index contributed by atoms with van der Waals surface area (Å²) >= 11 is 0. The Labute approximate surface area is 134 Å². The Hall–Kier alpha value is -0.643. The van der Waals surface area contributed by atoms with E-state index in [9.17, 15) is 0 Å². The van der Waals surface area contributed by atoms with Crippen LogP contribution in [-0.2, 0) is 6.54 Å². The second-order valence-electron chi connectivity index (χ2n) is 5.64. The molecule has 21 heavy (non-hydrogen) atoms. The van der Waals surface area contributed by atoms with Gasteiger partial charge in [-0.3, -0.25) is 0 Å². The molecular formula is C18H31N2Si. The maximum atomic E-state index is 3.52. The predicted octanol–water partition coefficient (Wildman–Crippen LogP) is 3.68. The lowest BCUT2D eigenvalue weighted by atomic mass is 10.1. The molecule has 0 saturated heterocycles. The molecule has 0 aromatic heterocycles. The van der Waals surface area contributed by atoms with E-state index < -0.39 is 0 Å². The number of rotatable bonds is 14. The van der Waals surface area contributed by atoms with Gasteiger partial charge in [-0.15, -0.1) is 0 Å². The van der Waals surface area contributed by atoms with E-state index in [1.54, 1.807) is 0 Å². The van der Waals surface area contributed by atoms with Gasteiger partial charge in [-0.1, -0.05) is 74.9 Å². The lowest BCUT2D eigenvalue weighted by molar-refractivity contribution is 0.551. The van der Waals surface area contributed by atoms with Crippen molar-refractivity contribution in [3.05, 3.63) is 35.9 Å². The van der Waals surface area contributed by atoms with Crippen molar-refractivity contribution in [1.29, 1.82) is 0 Å². The van der Waals surface area contributed by atoms with Gasteiger partial charge in [0.1, 0.15) is 0 Å². The summed E-state index contributed by atoms with van der Waals surface area (Å²) in [7, 11) is 3.52. The maximum absolute atomic E-state index is 3.52. The van der Waals surface area contributed by atoms with Crippen molar-refractivity contribution >= 4 is 10.2 Å². The third kappa shape index (κ3) is 11.7. The van der Waals surface area contributed by atoms with E-state index in [1.807, 2.05) is 0 Å². The van der Waals surface area contributed by atoms with Crippen LogP contribution in [0.5, 0.6) is 0 Å². The molecular weight excluding hydrogens is 272 g/mol. The summed E-state index contributed by atoms with van der Waals surface area (Å²) in [5.74, 6) is 0. The molecule has 0 aliphatic heterocycles. The Balaban J connectivity index is 1.75. The Bertz CT molecular complexity index is 316. The summed E-state index contributed by atoms with van der Waals surface area (Å²) in [6.45, 7) is 4.24. The lowest BCUT2D eigenvalue weighted by Crippen LogP contribution is -2.27. The van der Waals surface area contributed by atoms with Crippen molar-refractivity contribution < 1.29 is 0 Å². The first-order valence-electron chi connectivity index (χ1n) is 8.53. The zero-order chi connectivity index (χ0) is 15.0. The largest absolute Gasteiger partial charge is 0.315 e. The number of nitrogens with one attached hydrogen (secondary N) is 2. The molecule has 2 N–H and O–H groups in total. The molecule has 3 radical (unpaired) electrons. The zero-order valence-electron chi connectivity index (χ0n) is 13.4. The second kappa shape index (κ2) is 14.3. The third-order valence-electron chi connectivity index (χ3n) is 3.68. The molecule has 0 heterocycles. The number of hydrogen-bond donors (Lipinski definition) is 2. The third-order valence-corrected chi connectivity index (χ3v) is 4.03. The molecule has 0 bridgehead atoms. The molecule has 0 unspecified atom stereocenters. The minimum Gasteiger partial charge on any atom is -0.315 e. The van der Waals surface area contributed by atoms with Crippen LogP contribution >= 0.6 is 0 Å². The van der Waals surface area contributed by atoms with Gasteiger partial charge in [0, 0.05) is 29.9 Å². The minimum absolute atomic E-state index is 0.969. The van der Waals surface area contributed by atoms with Crippen LogP contribution in [0.15, 0.2) is 30.3 Å². The standard InChI is InChI=1S/C18H31N2Si/c21-16-10-5-3-1-2-4-9-13-19-14-15-20-17-18-11-7-6-8-12-18/h6-8,11-12,19-20H,1-5,9-10,13-17H2. The van der Waals surface area contributed by atoms with Crippen LogP contribution in [0.2, 0.25) is 6.04 Å². The molecule has 1 aromatic rings. The van der Waals surface area contributed by atoms with E-state index in [2.05, 4.69) is 51.2 Å². The summed E-state index contributed by atoms with van der Waals surface area (Å²) in [6.07, 6.45) is 9.61. The van der Waals surface area contributed by atoms with Gasteiger partial charge in [0.05, 0.1) is 0 Å². The van der Waals surface area contributed by atoms with Gasteiger partial charge in [-0.25, -0.2) is 0 Å². The summed E-state index contributed by atoms with van der Waals surface area (Å²) in [4.78, 5) is 0. The molecule has 0 fully saturated rings. The highest BCUT2D eigenvalue weighted by Gasteiger charge is 1.93. The summed E-state index contributed by atoms with van der Waals surface area (Å²) in [5, 5.41) is 6.98. The number of hydrogen-bond acceptors (Lipinski definition) is 2. The first-order valence-corrected chi connectivity index (χ1v) is 9.24. The van der Waals surface area contributed by atoms with E-state index in [0.29, 0.717) is 0 Å². The number of unbranched alkanes of at least 4 members (excludes halogenated alkanes) is 6. The van der Waals surface area contributed by atoms with Crippen molar-refractivity contribution in [3.63, 3.8) is 0 Å². The van der Waals surface area contributed by atoms with Crippen molar-refractivity contribution in [1.82, 2.24) is 10.6 Å². The molecule has 2 nitrogen and oxygen atoms in total. The zero-order valence-corrected chi connectivity index (χ0v) is 14.4. The molecule has 0 saturated carbocycles. The van der Waals surface area contributed by atoms with Crippen molar-refractivity contribution in [2.75, 3.05) is 19.6 Å². The highest BCUT2D eigenvalue weighted by molar-refractivity contribution is 6.08. The first-order chi connectivity index (χ1) is 10.4. The normalized spacial score (nSPS) is 10.9. The first kappa shape index (κ1) is 18.4. The van der Waals surface area contributed by atoms with Crippen molar-refractivity contribution in [3.8, 4) is 0 Å². The quantitative estimate of drug-likeness (QED) is 0.405. The van der Waals surface area contributed by atoms with Gasteiger partial charge in [0.2, 0.25) is 0 Å². The Morgan fingerprint density at radius 3 is 2.00 bits per heavy atom. The molecule has 0 aliphatic carbocycles. The van der Waals surface area contributed by atoms with Gasteiger partial charge in [-0.05, 0) is 18.5 Å². The number of benzene rings is 1. The maximum Gasteiger partial charge on any atom is 0.0222 e. The SMILES string of the molecule is [Si]CCCCCCCCCNCCNCc1ccccc1. The monoisotopic (exact) mass is 303 g/mol. The van der Waals surface area contributed by atoms with Gasteiger partial charge >= 0.3 is 0 Å². The van der Waals surface area contributed by atoms with Gasteiger partial charge in [0.15, 0.2) is 0 Å². The van der Waals surface area contributed by atoms with Crippen molar-refractivity contribution in [2.45, 2.75) is 57.5 Å². The molecule has 0 atom stereocenters. The molecule has 0 spiro atoms. The highest BCUT2D eigenvalue weighted by Crippen LogP contribution is 2.07. The van der Waals surface area contributed by atoms with Crippen molar-refractivity contribution in [2.24, 2.45) is 0 Å². The van der Waals surface area contributed by atoms with E-state index >= 15 is 0 Å². The Morgan fingerprint density at radius 1 is 0.667 bits per heavy atom. The van der Waals surface area contributed by atoms with Crippen LogP contribution in [-0.4, -0.2) is 29.9 Å². The van der Waals surface area contributed by atoms with E-state index in [0.717, 1.165) is 32.2 Å². The minimum atomic E-state index is 0.969. The molecule has 0 aliphatic rings. The van der Waals surface area contributed by atoms with E-state index in [1.165, 1.54) is 50.5 Å². The van der Waals surface area contributed by atoms with E-state index in [-0.39, 0.29) is 0 Å². The fraction of sp³-hybridized carbons (Fsp3) is 0.667. The smallest absolute Gasteiger partial charge is 0.0222 e. The van der Waals surface area contributed by atoms with Crippen LogP contribution in [0.25, 0.3) is 0 Å². The van der Waals surface area contributed by atoms with Crippen LogP contribution in [0.3, 0.4) is 0 Å². The molecule has 1 rings (SSSR count). The van der Waals surface area contributed by atoms with Crippen LogP contribution in [0, 0.1) is 0 Å². The Morgan fingerprint density at radius 2 is 1.29 bits per heavy atom. The van der Waals surface area contributed by atoms with Gasteiger partial charge in [0.25, 0.3) is 0 Å². The summed E-state index contributed by atoms with van der Waals surface area (Å²) in [5.41, 5.74) is 1.36. The molecule has 3 heteroatoms. The van der Waals surface area contributed by atoms with Crippen LogP contribution in [0.1, 0.15) is 50.5 Å². The highest BCUT2D eigenvalue weighted by atomic mass is 28.1. The van der Waals surface area contributed by atoms with Gasteiger partial charge < -0.3 is 10.6 Å². The fourth-order valence-electron chi connectivity index (χ4n) is 2.39. The van der Waals surface area contributed by atoms with E-state index in [4.69, 9.17) is 0 Å². The van der Waals surface area contributed by atoms with Gasteiger partial charge in [-0.2, -0.15) is 0 Å². The lowest BCUT2D eigenvalue weighted by Gasteiger charge is -2.07. The molecule has 1 aromatic carbocycles. The van der Waals surface area contributed by atoms with Crippen LogP contribution < -0.4 is 10.6 Å². The summed E-state index contributed by atoms with van der Waals surface area (Å²) < 4.78 is 0. The average Bonchev–Trinajstić information content (AvgIpc) is 2.53. The topological polar surface area (TPSA) is 24.1 Å². The van der Waals surface area contributed by atoms with Crippen LogP contribution in [0.4, 0.5) is 0 Å². The average molecular weight is 304 g/mol. The summed E-state index contributed by atoms with van der Waals surface area (Å²) in [6, 6.07) is 11.7. The Kier molecular flexibility index (Phi) is 12.5. The molecule has 117 valence electrons. The second-order valence-corrected chi connectivity index (χ2v) is 6.14. The fourth-order valence-corrected chi connectivity index (χ4v) is 2.64.